The SMILES string of the molecule is CNC1COC1.Cl. The molecule has 1 heterocycles. The van der Waals surface area contributed by atoms with Crippen LogP contribution in [0.25, 0.3) is 0 Å². The third-order valence-corrected chi connectivity index (χ3v) is 1.05. The van der Waals surface area contributed by atoms with Crippen LogP contribution in [0.5, 0.6) is 0 Å². The lowest BCUT2D eigenvalue weighted by Gasteiger charge is -2.24. The van der Waals surface area contributed by atoms with Gasteiger partial charge in [-0.15, -0.1) is 12.4 Å². The molecule has 0 spiro atoms. The molecule has 0 aromatic heterocycles. The average molecular weight is 124 g/mol. The Bertz CT molecular complexity index is 44.2. The highest BCUT2D eigenvalue weighted by Crippen LogP contribution is 1.96. The summed E-state index contributed by atoms with van der Waals surface area (Å²) >= 11 is 0. The average Bonchev–Trinajstić information content (AvgIpc) is 1.31. The second-order valence-corrected chi connectivity index (χ2v) is 1.52. The number of rotatable bonds is 1. The van der Waals surface area contributed by atoms with Gasteiger partial charge in [-0.05, 0) is 7.05 Å². The molecule has 1 N–H and O–H groups in total. The zero-order chi connectivity index (χ0) is 4.41. The minimum Gasteiger partial charge on any atom is -0.378 e. The van der Waals surface area contributed by atoms with Gasteiger partial charge in [0.15, 0.2) is 0 Å². The Morgan fingerprint density at radius 1 is 1.57 bits per heavy atom. The molecule has 0 atom stereocenters. The molecule has 0 aromatic carbocycles. The van der Waals surface area contributed by atoms with Crippen LogP contribution in [0.4, 0.5) is 0 Å². The van der Waals surface area contributed by atoms with Crippen LogP contribution in [0.15, 0.2) is 0 Å². The Balaban J connectivity index is 0.000000360. The Labute approximate surface area is 49.6 Å². The highest BCUT2D eigenvalue weighted by atomic mass is 35.5. The molecule has 1 fully saturated rings. The van der Waals surface area contributed by atoms with Crippen molar-refractivity contribution in [1.82, 2.24) is 5.32 Å². The van der Waals surface area contributed by atoms with Crippen LogP contribution < -0.4 is 5.32 Å². The fraction of sp³-hybridized carbons (Fsp3) is 1.00. The first-order valence-electron chi connectivity index (χ1n) is 2.18. The normalized spacial score (nSPS) is 20.1. The number of halogens is 1. The van der Waals surface area contributed by atoms with Crippen LogP contribution in [0.3, 0.4) is 0 Å². The number of likely N-dealkylation sites (N-methyl/N-ethyl adjacent to an activating group) is 1. The van der Waals surface area contributed by atoms with Crippen molar-refractivity contribution in [1.29, 1.82) is 0 Å². The standard InChI is InChI=1S/C4H9NO.ClH/c1-5-4-2-6-3-4;/h4-5H,2-3H2,1H3;1H. The summed E-state index contributed by atoms with van der Waals surface area (Å²) < 4.78 is 4.86. The first kappa shape index (κ1) is 7.21. The lowest BCUT2D eigenvalue weighted by Crippen LogP contribution is -2.43. The number of nitrogens with one attached hydrogen (secondary N) is 1. The first-order valence-corrected chi connectivity index (χ1v) is 2.18. The molecule has 0 amide bonds. The van der Waals surface area contributed by atoms with Gasteiger partial charge < -0.3 is 10.1 Å². The van der Waals surface area contributed by atoms with E-state index < -0.39 is 0 Å². The second kappa shape index (κ2) is 3.24. The van der Waals surface area contributed by atoms with E-state index in [1.807, 2.05) is 7.05 Å². The van der Waals surface area contributed by atoms with E-state index in [1.54, 1.807) is 0 Å². The molecule has 0 aromatic rings. The van der Waals surface area contributed by atoms with Crippen LogP contribution in [0.1, 0.15) is 0 Å². The van der Waals surface area contributed by atoms with Crippen molar-refractivity contribution in [2.75, 3.05) is 20.3 Å². The van der Waals surface area contributed by atoms with Gasteiger partial charge in [-0.2, -0.15) is 0 Å². The summed E-state index contributed by atoms with van der Waals surface area (Å²) in [6.45, 7) is 1.80. The van der Waals surface area contributed by atoms with Gasteiger partial charge in [-0.25, -0.2) is 0 Å². The van der Waals surface area contributed by atoms with E-state index in [1.165, 1.54) is 0 Å². The smallest absolute Gasteiger partial charge is 0.0642 e. The highest BCUT2D eigenvalue weighted by Gasteiger charge is 2.13. The van der Waals surface area contributed by atoms with Crippen molar-refractivity contribution in [2.45, 2.75) is 6.04 Å². The van der Waals surface area contributed by atoms with Gasteiger partial charge in [-0.3, -0.25) is 0 Å². The van der Waals surface area contributed by atoms with E-state index in [2.05, 4.69) is 5.32 Å². The maximum Gasteiger partial charge on any atom is 0.0642 e. The molecular weight excluding hydrogens is 114 g/mol. The quantitative estimate of drug-likeness (QED) is 0.531. The summed E-state index contributed by atoms with van der Waals surface area (Å²) in [5.74, 6) is 0. The minimum atomic E-state index is 0. The molecular formula is C4H10ClNO. The summed E-state index contributed by atoms with van der Waals surface area (Å²) in [6.07, 6.45) is 0. The zero-order valence-corrected chi connectivity index (χ0v) is 5.12. The van der Waals surface area contributed by atoms with Crippen LogP contribution in [0, 0.1) is 0 Å². The van der Waals surface area contributed by atoms with E-state index >= 15 is 0 Å². The Morgan fingerprint density at radius 3 is 2.14 bits per heavy atom. The van der Waals surface area contributed by atoms with Gasteiger partial charge in [-0.1, -0.05) is 0 Å². The third-order valence-electron chi connectivity index (χ3n) is 1.05. The lowest BCUT2D eigenvalue weighted by atomic mass is 10.3. The predicted octanol–water partition coefficient (Wildman–Crippen LogP) is 0.0264. The largest absolute Gasteiger partial charge is 0.378 e. The fourth-order valence-corrected chi connectivity index (χ4v) is 0.402. The topological polar surface area (TPSA) is 21.3 Å². The maximum absolute atomic E-state index is 4.86. The van der Waals surface area contributed by atoms with Crippen LogP contribution in [0.2, 0.25) is 0 Å². The Kier molecular flexibility index (Phi) is 3.34. The van der Waals surface area contributed by atoms with E-state index in [0.29, 0.717) is 6.04 Å². The van der Waals surface area contributed by atoms with E-state index in [-0.39, 0.29) is 12.4 Å². The maximum atomic E-state index is 4.86. The summed E-state index contributed by atoms with van der Waals surface area (Å²) in [5, 5.41) is 3.08. The Hall–Kier alpha value is 0.210. The molecule has 7 heavy (non-hydrogen) atoms. The number of hydrogen-bond acceptors (Lipinski definition) is 2. The molecule has 0 bridgehead atoms. The zero-order valence-electron chi connectivity index (χ0n) is 4.31. The summed E-state index contributed by atoms with van der Waals surface area (Å²) in [4.78, 5) is 0. The first-order chi connectivity index (χ1) is 2.93. The van der Waals surface area contributed by atoms with Gasteiger partial charge in [0, 0.05) is 0 Å². The van der Waals surface area contributed by atoms with E-state index in [9.17, 15) is 0 Å². The molecule has 0 radical (unpaired) electrons. The molecule has 44 valence electrons. The van der Waals surface area contributed by atoms with Gasteiger partial charge in [0.25, 0.3) is 0 Å². The van der Waals surface area contributed by atoms with Crippen molar-refractivity contribution in [2.24, 2.45) is 0 Å². The van der Waals surface area contributed by atoms with Crippen LogP contribution in [-0.4, -0.2) is 26.3 Å². The van der Waals surface area contributed by atoms with Crippen molar-refractivity contribution < 1.29 is 4.74 Å². The van der Waals surface area contributed by atoms with Gasteiger partial charge in [0.1, 0.15) is 0 Å². The van der Waals surface area contributed by atoms with Crippen molar-refractivity contribution in [3.8, 4) is 0 Å². The van der Waals surface area contributed by atoms with Crippen LogP contribution in [-0.2, 0) is 4.74 Å². The summed E-state index contributed by atoms with van der Waals surface area (Å²) in [7, 11) is 1.95. The van der Waals surface area contributed by atoms with Crippen molar-refractivity contribution in [3.05, 3.63) is 0 Å². The van der Waals surface area contributed by atoms with E-state index in [0.717, 1.165) is 13.2 Å². The monoisotopic (exact) mass is 123 g/mol. The molecule has 1 rings (SSSR count). The number of hydrogen-bond donors (Lipinski definition) is 1. The molecule has 3 heteroatoms. The molecule has 2 nitrogen and oxygen atoms in total. The number of ether oxygens (including phenoxy) is 1. The summed E-state index contributed by atoms with van der Waals surface area (Å²) in [5.41, 5.74) is 0. The predicted molar refractivity (Wildman–Crippen MR) is 30.9 cm³/mol. The molecule has 0 saturated carbocycles. The Morgan fingerprint density at radius 2 is 2.14 bits per heavy atom. The van der Waals surface area contributed by atoms with E-state index in [4.69, 9.17) is 4.74 Å². The second-order valence-electron chi connectivity index (χ2n) is 1.52. The van der Waals surface area contributed by atoms with Crippen LogP contribution >= 0.6 is 12.4 Å². The van der Waals surface area contributed by atoms with Gasteiger partial charge in [0.05, 0.1) is 19.3 Å². The molecule has 1 aliphatic heterocycles. The highest BCUT2D eigenvalue weighted by molar-refractivity contribution is 5.85. The minimum absolute atomic E-state index is 0. The third kappa shape index (κ3) is 1.63. The van der Waals surface area contributed by atoms with Gasteiger partial charge in [0.2, 0.25) is 0 Å². The molecule has 0 aliphatic carbocycles. The summed E-state index contributed by atoms with van der Waals surface area (Å²) in [6, 6.07) is 0.644. The lowest BCUT2D eigenvalue weighted by molar-refractivity contribution is -0.00169. The van der Waals surface area contributed by atoms with Crippen molar-refractivity contribution in [3.63, 3.8) is 0 Å². The van der Waals surface area contributed by atoms with Gasteiger partial charge >= 0.3 is 0 Å². The molecule has 1 aliphatic rings. The van der Waals surface area contributed by atoms with Crippen molar-refractivity contribution >= 4 is 12.4 Å². The molecule has 0 unspecified atom stereocenters. The fourth-order valence-electron chi connectivity index (χ4n) is 0.402. The molecule has 1 saturated heterocycles.